The number of allylic oxidation sites excluding steroid dienone is 4. The molecule has 0 rings (SSSR count). The van der Waals surface area contributed by atoms with Gasteiger partial charge in [-0.3, -0.25) is 14.4 Å². The first kappa shape index (κ1) is 78.9. The van der Waals surface area contributed by atoms with Crippen LogP contribution in [0.15, 0.2) is 24.3 Å². The lowest BCUT2D eigenvalue weighted by molar-refractivity contribution is -0.167. The highest BCUT2D eigenvalue weighted by molar-refractivity contribution is 5.71. The lowest BCUT2D eigenvalue weighted by Gasteiger charge is -2.18. The lowest BCUT2D eigenvalue weighted by atomic mass is 10.0. The summed E-state index contributed by atoms with van der Waals surface area (Å²) in [6, 6.07) is 0. The minimum atomic E-state index is -0.776. The van der Waals surface area contributed by atoms with Crippen molar-refractivity contribution in [2.75, 3.05) is 13.2 Å². The van der Waals surface area contributed by atoms with Crippen molar-refractivity contribution in [3.63, 3.8) is 0 Å². The third-order valence-corrected chi connectivity index (χ3v) is 17.0. The van der Waals surface area contributed by atoms with Gasteiger partial charge < -0.3 is 14.2 Å². The maximum Gasteiger partial charge on any atom is 0.306 e. The molecule has 1 unspecified atom stereocenters. The van der Waals surface area contributed by atoms with Crippen molar-refractivity contribution < 1.29 is 28.6 Å². The number of esters is 3. The molecule has 0 aliphatic carbocycles. The summed E-state index contributed by atoms with van der Waals surface area (Å²) >= 11 is 0. The molecule has 0 radical (unpaired) electrons. The zero-order valence-corrected chi connectivity index (χ0v) is 55.1. The van der Waals surface area contributed by atoms with E-state index in [0.29, 0.717) is 19.3 Å². The molecule has 0 saturated heterocycles. The summed E-state index contributed by atoms with van der Waals surface area (Å²) in [6.07, 6.45) is 86.6. The van der Waals surface area contributed by atoms with E-state index in [4.69, 9.17) is 14.2 Å². The lowest BCUT2D eigenvalue weighted by Crippen LogP contribution is -2.30. The molecule has 478 valence electrons. The molecule has 1 atom stereocenters. The van der Waals surface area contributed by atoms with Gasteiger partial charge in [0.05, 0.1) is 0 Å². The van der Waals surface area contributed by atoms with Crippen LogP contribution in [0, 0.1) is 0 Å². The van der Waals surface area contributed by atoms with Gasteiger partial charge in [0.25, 0.3) is 0 Å². The topological polar surface area (TPSA) is 78.9 Å². The fraction of sp³-hybridized carbons (Fsp3) is 0.907. The van der Waals surface area contributed by atoms with Crippen LogP contribution in [-0.2, 0) is 28.6 Å². The van der Waals surface area contributed by atoms with E-state index in [2.05, 4.69) is 45.1 Å². The van der Waals surface area contributed by atoms with Crippen LogP contribution >= 0.6 is 0 Å². The van der Waals surface area contributed by atoms with E-state index in [1.807, 2.05) is 0 Å². The van der Waals surface area contributed by atoms with E-state index in [1.165, 1.54) is 302 Å². The Labute approximate surface area is 506 Å². The summed E-state index contributed by atoms with van der Waals surface area (Å²) in [4.78, 5) is 38.4. The number of hydrogen-bond donors (Lipinski definition) is 0. The summed E-state index contributed by atoms with van der Waals surface area (Å²) < 4.78 is 17.0. The van der Waals surface area contributed by atoms with Crippen LogP contribution < -0.4 is 0 Å². The van der Waals surface area contributed by atoms with Gasteiger partial charge in [-0.05, 0) is 51.4 Å². The van der Waals surface area contributed by atoms with Crippen molar-refractivity contribution in [1.29, 1.82) is 0 Å². The summed E-state index contributed by atoms with van der Waals surface area (Å²) in [5.41, 5.74) is 0. The average molecular weight is 1140 g/mol. The first-order valence-electron chi connectivity index (χ1n) is 36.8. The second-order valence-corrected chi connectivity index (χ2v) is 25.2. The largest absolute Gasteiger partial charge is 0.462 e. The van der Waals surface area contributed by atoms with Gasteiger partial charge in [0.2, 0.25) is 0 Å². The van der Waals surface area contributed by atoms with Crippen molar-refractivity contribution in [1.82, 2.24) is 0 Å². The van der Waals surface area contributed by atoms with Gasteiger partial charge in [0.15, 0.2) is 6.10 Å². The van der Waals surface area contributed by atoms with Gasteiger partial charge in [0.1, 0.15) is 13.2 Å². The molecule has 0 aromatic heterocycles. The smallest absolute Gasteiger partial charge is 0.306 e. The fourth-order valence-corrected chi connectivity index (χ4v) is 11.4. The van der Waals surface area contributed by atoms with Crippen molar-refractivity contribution in [2.24, 2.45) is 0 Å². The van der Waals surface area contributed by atoms with E-state index in [9.17, 15) is 14.4 Å². The van der Waals surface area contributed by atoms with Crippen LogP contribution in [0.5, 0.6) is 0 Å². The van der Waals surface area contributed by atoms with Crippen LogP contribution in [0.1, 0.15) is 419 Å². The molecule has 0 aromatic rings. The monoisotopic (exact) mass is 1140 g/mol. The minimum Gasteiger partial charge on any atom is -0.462 e. The van der Waals surface area contributed by atoms with Crippen molar-refractivity contribution in [3.05, 3.63) is 24.3 Å². The molecule has 0 bridgehead atoms. The number of carbonyl (C=O) groups excluding carboxylic acids is 3. The van der Waals surface area contributed by atoms with Crippen LogP contribution in [-0.4, -0.2) is 37.2 Å². The Morgan fingerprint density at radius 3 is 0.691 bits per heavy atom. The summed E-state index contributed by atoms with van der Waals surface area (Å²) in [6.45, 7) is 6.70. The predicted molar refractivity (Wildman–Crippen MR) is 353 cm³/mol. The number of rotatable bonds is 69. The Kier molecular flexibility index (Phi) is 68.5. The molecular formula is C75H142O6. The molecule has 0 fully saturated rings. The highest BCUT2D eigenvalue weighted by Gasteiger charge is 2.19. The molecule has 81 heavy (non-hydrogen) atoms. The molecule has 0 spiro atoms. The number of carbonyl (C=O) groups is 3. The van der Waals surface area contributed by atoms with Gasteiger partial charge in [-0.1, -0.05) is 373 Å². The van der Waals surface area contributed by atoms with E-state index in [1.54, 1.807) is 0 Å². The standard InChI is InChI=1S/C75H142O6/c1-4-7-10-13-16-19-22-25-28-31-32-33-34-35-36-37-38-39-40-41-42-43-44-45-48-50-53-56-59-62-65-68-74(77)80-71-72(81-75(78)69-66-63-60-57-54-51-47-30-27-24-21-18-15-12-9-6-3)70-79-73(76)67-64-61-58-55-52-49-46-29-26-23-20-17-14-11-8-5-2/h21,24,30,47,72H,4-20,22-23,25-29,31-46,48-71H2,1-3H3/b24-21-,47-30-. The Morgan fingerprint density at radius 1 is 0.247 bits per heavy atom. The number of ether oxygens (including phenoxy) is 3. The van der Waals surface area contributed by atoms with E-state index in [0.717, 1.165) is 77.0 Å². The molecule has 6 heteroatoms. The Morgan fingerprint density at radius 2 is 0.444 bits per heavy atom. The summed E-state index contributed by atoms with van der Waals surface area (Å²) in [5.74, 6) is -0.851. The first-order valence-corrected chi connectivity index (χ1v) is 36.8. The highest BCUT2D eigenvalue weighted by Crippen LogP contribution is 2.19. The quantitative estimate of drug-likeness (QED) is 0.0261. The molecule has 0 aliphatic rings. The van der Waals surface area contributed by atoms with Crippen molar-refractivity contribution in [2.45, 2.75) is 425 Å². The maximum atomic E-state index is 12.9. The van der Waals surface area contributed by atoms with Crippen molar-refractivity contribution >= 4 is 17.9 Å². The average Bonchev–Trinajstić information content (AvgIpc) is 3.47. The molecule has 0 saturated carbocycles. The van der Waals surface area contributed by atoms with Gasteiger partial charge >= 0.3 is 17.9 Å². The molecule has 0 heterocycles. The number of unbranched alkanes of at least 4 members (excludes halogenated alkanes) is 54. The van der Waals surface area contributed by atoms with Gasteiger partial charge in [-0.15, -0.1) is 0 Å². The summed E-state index contributed by atoms with van der Waals surface area (Å²) in [7, 11) is 0. The minimum absolute atomic E-state index is 0.0707. The second kappa shape index (κ2) is 70.4. The maximum absolute atomic E-state index is 12.9. The van der Waals surface area contributed by atoms with E-state index < -0.39 is 6.10 Å². The van der Waals surface area contributed by atoms with E-state index >= 15 is 0 Å². The molecule has 0 N–H and O–H groups in total. The Balaban J connectivity index is 4.15. The van der Waals surface area contributed by atoms with Gasteiger partial charge in [0, 0.05) is 19.3 Å². The third kappa shape index (κ3) is 68.6. The normalized spacial score (nSPS) is 12.1. The Hall–Kier alpha value is -2.11. The fourth-order valence-electron chi connectivity index (χ4n) is 11.4. The SMILES string of the molecule is CCCCCC/C=C\C/C=C\CCCCCCCC(=O)OC(COC(=O)CCCCCCCCCCCCCCCCCC)COC(=O)CCCCCCCCCCCCCCCCCCCCCCCCCCCCCCCCC. The zero-order valence-electron chi connectivity index (χ0n) is 55.1. The Bertz CT molecular complexity index is 1310. The number of hydrogen-bond acceptors (Lipinski definition) is 6. The van der Waals surface area contributed by atoms with Gasteiger partial charge in [-0.2, -0.15) is 0 Å². The molecule has 6 nitrogen and oxygen atoms in total. The predicted octanol–water partition coefficient (Wildman–Crippen LogP) is 25.3. The first-order chi connectivity index (χ1) is 40.0. The molecule has 0 aromatic carbocycles. The van der Waals surface area contributed by atoms with Crippen molar-refractivity contribution in [3.8, 4) is 0 Å². The van der Waals surface area contributed by atoms with Crippen LogP contribution in [0.3, 0.4) is 0 Å². The molecular weight excluding hydrogens is 997 g/mol. The van der Waals surface area contributed by atoms with Crippen LogP contribution in [0.2, 0.25) is 0 Å². The van der Waals surface area contributed by atoms with E-state index in [-0.39, 0.29) is 31.1 Å². The second-order valence-electron chi connectivity index (χ2n) is 25.2. The highest BCUT2D eigenvalue weighted by atomic mass is 16.6. The van der Waals surface area contributed by atoms with Crippen LogP contribution in [0.25, 0.3) is 0 Å². The molecule has 0 aliphatic heterocycles. The molecule has 0 amide bonds. The third-order valence-electron chi connectivity index (χ3n) is 17.0. The summed E-state index contributed by atoms with van der Waals surface area (Å²) in [5, 5.41) is 0. The van der Waals surface area contributed by atoms with Crippen LogP contribution in [0.4, 0.5) is 0 Å². The zero-order chi connectivity index (χ0) is 58.5. The van der Waals surface area contributed by atoms with Gasteiger partial charge in [-0.25, -0.2) is 0 Å².